The highest BCUT2D eigenvalue weighted by atomic mass is 16.4. The number of carboxylic acids is 1. The Bertz CT molecular complexity index is 1080. The molecule has 25 heavy (non-hydrogen) atoms. The number of hydrogen-bond acceptors (Lipinski definition) is 4. The summed E-state index contributed by atoms with van der Waals surface area (Å²) < 4.78 is 5.72. The van der Waals surface area contributed by atoms with Gasteiger partial charge in [0.2, 0.25) is 5.89 Å². The quantitative estimate of drug-likeness (QED) is 0.573. The summed E-state index contributed by atoms with van der Waals surface area (Å²) in [6, 6.07) is 21.3. The van der Waals surface area contributed by atoms with Gasteiger partial charge >= 0.3 is 0 Å². The van der Waals surface area contributed by atoms with E-state index in [2.05, 4.69) is 4.98 Å². The predicted octanol–water partition coefficient (Wildman–Crippen LogP) is 3.66. The molecule has 4 rings (SSSR count). The van der Waals surface area contributed by atoms with Gasteiger partial charge in [-0.05, 0) is 40.6 Å². The average Bonchev–Trinajstić information content (AvgIpc) is 3.05. The van der Waals surface area contributed by atoms with Crippen LogP contribution in [0, 0.1) is 0 Å². The summed E-state index contributed by atoms with van der Waals surface area (Å²) >= 11 is 0. The summed E-state index contributed by atoms with van der Waals surface area (Å²) in [5, 5.41) is 13.4. The van der Waals surface area contributed by atoms with E-state index >= 15 is 0 Å². The Morgan fingerprint density at radius 2 is 1.76 bits per heavy atom. The number of hydrogen-bond donors (Lipinski definition) is 0. The molecule has 0 bridgehead atoms. The van der Waals surface area contributed by atoms with E-state index in [4.69, 9.17) is 4.42 Å². The Labute approximate surface area is 144 Å². The van der Waals surface area contributed by atoms with Gasteiger partial charge in [-0.25, -0.2) is 4.98 Å². The van der Waals surface area contributed by atoms with Gasteiger partial charge in [-0.15, -0.1) is 0 Å². The molecule has 0 aliphatic heterocycles. The number of carboxylic acid groups (broad SMARTS) is 1. The molecular formula is C21H14NO3-. The second kappa shape index (κ2) is 6.24. The monoisotopic (exact) mass is 328 g/mol. The Hall–Kier alpha value is -3.40. The van der Waals surface area contributed by atoms with Crippen LogP contribution in [0.15, 0.2) is 71.1 Å². The second-order valence-electron chi connectivity index (χ2n) is 5.81. The van der Waals surface area contributed by atoms with E-state index in [0.717, 1.165) is 16.3 Å². The van der Waals surface area contributed by atoms with Crippen molar-refractivity contribution in [2.24, 2.45) is 0 Å². The van der Waals surface area contributed by atoms with E-state index < -0.39 is 5.97 Å². The zero-order valence-corrected chi connectivity index (χ0v) is 13.3. The second-order valence-corrected chi connectivity index (χ2v) is 5.81. The minimum Gasteiger partial charge on any atom is -0.550 e. The zero-order valence-electron chi connectivity index (χ0n) is 13.3. The minimum absolute atomic E-state index is 0.264. The number of rotatable bonds is 4. The largest absolute Gasteiger partial charge is 0.550 e. The van der Waals surface area contributed by atoms with Crippen LogP contribution in [-0.4, -0.2) is 11.0 Å². The number of aliphatic carboxylic acids is 1. The first-order valence-corrected chi connectivity index (χ1v) is 7.94. The fourth-order valence-electron chi connectivity index (χ4n) is 2.85. The van der Waals surface area contributed by atoms with Crippen LogP contribution >= 0.6 is 0 Å². The lowest BCUT2D eigenvalue weighted by Gasteiger charge is -2.06. The molecule has 1 aromatic heterocycles. The smallest absolute Gasteiger partial charge is 0.223 e. The molecule has 0 amide bonds. The van der Waals surface area contributed by atoms with Crippen molar-refractivity contribution in [2.45, 2.75) is 6.42 Å². The molecule has 4 heteroatoms. The van der Waals surface area contributed by atoms with Crippen molar-refractivity contribution >= 4 is 39.5 Å². The van der Waals surface area contributed by atoms with Crippen LogP contribution in [0.5, 0.6) is 0 Å². The molecule has 1 heterocycles. The van der Waals surface area contributed by atoms with Crippen LogP contribution in [-0.2, 0) is 4.79 Å². The number of carbonyl (C=O) groups excluding carboxylic acids is 1. The first-order chi connectivity index (χ1) is 12.2. The van der Waals surface area contributed by atoms with Crippen molar-refractivity contribution in [3.63, 3.8) is 0 Å². The molecule has 122 valence electrons. The highest BCUT2D eigenvalue weighted by Gasteiger charge is 2.11. The van der Waals surface area contributed by atoms with Crippen LogP contribution < -0.4 is 5.11 Å². The Balaban J connectivity index is 1.81. The first-order valence-electron chi connectivity index (χ1n) is 7.94. The summed E-state index contributed by atoms with van der Waals surface area (Å²) in [7, 11) is 0. The van der Waals surface area contributed by atoms with Crippen LogP contribution in [0.3, 0.4) is 0 Å². The molecule has 0 spiro atoms. The van der Waals surface area contributed by atoms with E-state index in [-0.39, 0.29) is 6.42 Å². The van der Waals surface area contributed by atoms with Crippen molar-refractivity contribution in [1.82, 2.24) is 4.98 Å². The maximum Gasteiger partial charge on any atom is 0.223 e. The van der Waals surface area contributed by atoms with Crippen LogP contribution in [0.4, 0.5) is 0 Å². The third-order valence-corrected chi connectivity index (χ3v) is 4.02. The molecule has 4 aromatic rings. The molecule has 0 saturated carbocycles. The van der Waals surface area contributed by atoms with E-state index in [9.17, 15) is 9.90 Å². The summed E-state index contributed by atoms with van der Waals surface area (Å²) in [5.41, 5.74) is 2.68. The number of benzene rings is 3. The number of para-hydroxylation sites is 2. The highest BCUT2D eigenvalue weighted by Crippen LogP contribution is 2.26. The maximum atomic E-state index is 11.2. The van der Waals surface area contributed by atoms with Gasteiger partial charge in [0.25, 0.3) is 0 Å². The number of aromatic nitrogens is 1. The number of carbonyl (C=O) groups is 1. The molecule has 0 aliphatic carbocycles. The van der Waals surface area contributed by atoms with Gasteiger partial charge in [0.1, 0.15) is 5.52 Å². The lowest BCUT2D eigenvalue weighted by molar-refractivity contribution is -0.304. The number of oxazole rings is 1. The number of nitrogens with zero attached hydrogens (tertiary/aromatic N) is 1. The fraction of sp³-hybridized carbons (Fsp3) is 0.0476. The first kappa shape index (κ1) is 15.1. The SMILES string of the molecule is O=C([O-])C/C(=C\c1ccc2ccccc2c1)c1nc2ccccc2o1. The standard InChI is InChI=1S/C21H15NO3/c23-20(24)13-17(21-22-18-7-3-4-8-19(18)25-21)12-14-9-10-15-5-1-2-6-16(15)11-14/h1-12H,13H2,(H,23,24)/p-1/b17-12+. The van der Waals surface area contributed by atoms with Gasteiger partial charge in [0.15, 0.2) is 5.58 Å². The van der Waals surface area contributed by atoms with Crippen LogP contribution in [0.1, 0.15) is 17.9 Å². The summed E-state index contributed by atoms with van der Waals surface area (Å²) in [4.78, 5) is 15.6. The molecule has 0 radical (unpaired) electrons. The number of fused-ring (bicyclic) bond motifs is 2. The van der Waals surface area contributed by atoms with Crippen molar-refractivity contribution in [2.75, 3.05) is 0 Å². The third kappa shape index (κ3) is 3.15. The molecule has 0 unspecified atom stereocenters. The van der Waals surface area contributed by atoms with Gasteiger partial charge in [-0.3, -0.25) is 0 Å². The van der Waals surface area contributed by atoms with E-state index in [1.807, 2.05) is 60.7 Å². The topological polar surface area (TPSA) is 66.2 Å². The summed E-state index contributed by atoms with van der Waals surface area (Å²) in [6.45, 7) is 0. The van der Waals surface area contributed by atoms with Gasteiger partial charge in [-0.1, -0.05) is 48.5 Å². The molecule has 0 N–H and O–H groups in total. The Kier molecular flexibility index (Phi) is 3.78. The average molecular weight is 328 g/mol. The lowest BCUT2D eigenvalue weighted by Crippen LogP contribution is -2.22. The molecule has 0 atom stereocenters. The fourth-order valence-corrected chi connectivity index (χ4v) is 2.85. The lowest BCUT2D eigenvalue weighted by atomic mass is 10.0. The Morgan fingerprint density at radius 1 is 1.00 bits per heavy atom. The Morgan fingerprint density at radius 3 is 2.56 bits per heavy atom. The van der Waals surface area contributed by atoms with Crippen LogP contribution in [0.25, 0.3) is 33.5 Å². The van der Waals surface area contributed by atoms with E-state index in [1.54, 1.807) is 12.1 Å². The summed E-state index contributed by atoms with van der Waals surface area (Å²) in [6.07, 6.45) is 1.52. The minimum atomic E-state index is -1.17. The van der Waals surface area contributed by atoms with E-state index in [0.29, 0.717) is 22.6 Å². The van der Waals surface area contributed by atoms with Crippen molar-refractivity contribution in [3.05, 3.63) is 78.2 Å². The third-order valence-electron chi connectivity index (χ3n) is 4.02. The summed E-state index contributed by atoms with van der Waals surface area (Å²) in [5.74, 6) is -0.868. The van der Waals surface area contributed by atoms with Crippen LogP contribution in [0.2, 0.25) is 0 Å². The molecule has 0 fully saturated rings. The van der Waals surface area contributed by atoms with Crippen molar-refractivity contribution in [3.8, 4) is 0 Å². The molecule has 3 aromatic carbocycles. The molecule has 4 nitrogen and oxygen atoms in total. The molecule has 0 saturated heterocycles. The van der Waals surface area contributed by atoms with Gasteiger partial charge in [0, 0.05) is 18.0 Å². The molecule has 0 aliphatic rings. The zero-order chi connectivity index (χ0) is 17.2. The van der Waals surface area contributed by atoms with Crippen molar-refractivity contribution < 1.29 is 14.3 Å². The predicted molar refractivity (Wildman–Crippen MR) is 95.5 cm³/mol. The van der Waals surface area contributed by atoms with Gasteiger partial charge in [0.05, 0.1) is 0 Å². The normalized spacial score (nSPS) is 11.9. The maximum absolute atomic E-state index is 11.2. The highest BCUT2D eigenvalue weighted by molar-refractivity contribution is 5.92. The van der Waals surface area contributed by atoms with Gasteiger partial charge in [-0.2, -0.15) is 0 Å². The van der Waals surface area contributed by atoms with E-state index in [1.165, 1.54) is 0 Å². The van der Waals surface area contributed by atoms with Gasteiger partial charge < -0.3 is 14.3 Å². The molecular weight excluding hydrogens is 314 g/mol. The van der Waals surface area contributed by atoms with Crippen molar-refractivity contribution in [1.29, 1.82) is 0 Å².